The summed E-state index contributed by atoms with van der Waals surface area (Å²) in [5.74, 6) is 1.97. The number of likely N-dealkylation sites (tertiary alicyclic amines) is 1. The Morgan fingerprint density at radius 2 is 2.40 bits per heavy atom. The van der Waals surface area contributed by atoms with Crippen LogP contribution in [-0.2, 0) is 6.54 Å². The summed E-state index contributed by atoms with van der Waals surface area (Å²) in [5, 5.41) is 6.91. The molecule has 2 rings (SSSR count). The van der Waals surface area contributed by atoms with Crippen molar-refractivity contribution in [3.05, 3.63) is 11.7 Å². The Morgan fingerprint density at radius 3 is 3.00 bits per heavy atom. The number of nitrogens with zero attached hydrogens (tertiary/aromatic N) is 3. The molecule has 1 aliphatic rings. The van der Waals surface area contributed by atoms with E-state index in [0.29, 0.717) is 12.5 Å². The lowest BCUT2D eigenvalue weighted by molar-refractivity contribution is 0.341. The van der Waals surface area contributed by atoms with Gasteiger partial charge in [0.2, 0.25) is 5.89 Å². The number of hydrogen-bond donors (Lipinski definition) is 1. The van der Waals surface area contributed by atoms with E-state index in [-0.39, 0.29) is 12.4 Å². The highest BCUT2D eigenvalue weighted by molar-refractivity contribution is 5.85. The maximum atomic E-state index is 5.22. The first-order valence-electron chi connectivity index (χ1n) is 4.95. The zero-order valence-corrected chi connectivity index (χ0v) is 9.88. The van der Waals surface area contributed by atoms with Gasteiger partial charge in [-0.1, -0.05) is 5.16 Å². The average molecular weight is 233 g/mol. The summed E-state index contributed by atoms with van der Waals surface area (Å²) in [6, 6.07) is 0. The fourth-order valence-corrected chi connectivity index (χ4v) is 1.80. The van der Waals surface area contributed by atoms with E-state index in [4.69, 9.17) is 4.52 Å². The lowest BCUT2D eigenvalue weighted by Crippen LogP contribution is -2.13. The molecular weight excluding hydrogens is 216 g/mol. The maximum Gasteiger partial charge on any atom is 0.231 e. The third-order valence-corrected chi connectivity index (χ3v) is 2.56. The van der Waals surface area contributed by atoms with E-state index < -0.39 is 0 Å². The van der Waals surface area contributed by atoms with Crippen LogP contribution in [0.1, 0.15) is 24.1 Å². The van der Waals surface area contributed by atoms with Crippen LogP contribution < -0.4 is 5.32 Å². The van der Waals surface area contributed by atoms with Gasteiger partial charge in [-0.05, 0) is 27.1 Å². The van der Waals surface area contributed by atoms with Gasteiger partial charge in [0.1, 0.15) is 0 Å². The Labute approximate surface area is 95.6 Å². The Balaban J connectivity index is 0.00000112. The minimum absolute atomic E-state index is 0. The first-order valence-corrected chi connectivity index (χ1v) is 4.95. The number of nitrogens with one attached hydrogen (secondary N) is 1. The molecule has 1 aromatic heterocycles. The van der Waals surface area contributed by atoms with E-state index in [2.05, 4.69) is 27.4 Å². The van der Waals surface area contributed by atoms with Crippen LogP contribution in [0.5, 0.6) is 0 Å². The van der Waals surface area contributed by atoms with Gasteiger partial charge >= 0.3 is 0 Å². The number of likely N-dealkylation sites (N-methyl/N-ethyl adjacent to an activating group) is 1. The third kappa shape index (κ3) is 2.90. The molecule has 15 heavy (non-hydrogen) atoms. The van der Waals surface area contributed by atoms with Crippen molar-refractivity contribution in [3.63, 3.8) is 0 Å². The van der Waals surface area contributed by atoms with E-state index in [1.54, 1.807) is 0 Å². The predicted octanol–water partition coefficient (Wildman–Crippen LogP) is 0.630. The summed E-state index contributed by atoms with van der Waals surface area (Å²) in [6.45, 7) is 2.82. The summed E-state index contributed by atoms with van der Waals surface area (Å²) >= 11 is 0. The first kappa shape index (κ1) is 12.4. The quantitative estimate of drug-likeness (QED) is 0.829. The van der Waals surface area contributed by atoms with Gasteiger partial charge in [-0.25, -0.2) is 0 Å². The van der Waals surface area contributed by atoms with E-state index in [1.165, 1.54) is 0 Å². The number of rotatable bonds is 3. The van der Waals surface area contributed by atoms with Crippen LogP contribution in [0.2, 0.25) is 0 Å². The summed E-state index contributed by atoms with van der Waals surface area (Å²) < 4.78 is 5.22. The maximum absolute atomic E-state index is 5.22. The number of halogens is 1. The Bertz CT molecular complexity index is 304. The van der Waals surface area contributed by atoms with Gasteiger partial charge in [-0.2, -0.15) is 4.98 Å². The number of aromatic nitrogens is 2. The Morgan fingerprint density at radius 1 is 1.60 bits per heavy atom. The largest absolute Gasteiger partial charge is 0.339 e. The van der Waals surface area contributed by atoms with Gasteiger partial charge in [0.25, 0.3) is 0 Å². The molecule has 6 heteroatoms. The van der Waals surface area contributed by atoms with E-state index in [9.17, 15) is 0 Å². The van der Waals surface area contributed by atoms with Crippen LogP contribution in [0, 0.1) is 0 Å². The van der Waals surface area contributed by atoms with E-state index >= 15 is 0 Å². The van der Waals surface area contributed by atoms with Crippen molar-refractivity contribution >= 4 is 12.4 Å². The lowest BCUT2D eigenvalue weighted by atomic mass is 10.1. The van der Waals surface area contributed by atoms with Gasteiger partial charge in [0.15, 0.2) is 5.82 Å². The molecule has 0 bridgehead atoms. The fraction of sp³-hybridized carbons (Fsp3) is 0.778. The van der Waals surface area contributed by atoms with Crippen LogP contribution in [0.25, 0.3) is 0 Å². The molecule has 0 spiro atoms. The van der Waals surface area contributed by atoms with Crippen molar-refractivity contribution in [2.75, 3.05) is 27.2 Å². The van der Waals surface area contributed by atoms with Crippen LogP contribution >= 0.6 is 12.4 Å². The summed E-state index contributed by atoms with van der Waals surface area (Å²) in [7, 11) is 3.99. The highest BCUT2D eigenvalue weighted by Gasteiger charge is 2.25. The van der Waals surface area contributed by atoms with Gasteiger partial charge < -0.3 is 14.7 Å². The smallest absolute Gasteiger partial charge is 0.231 e. The van der Waals surface area contributed by atoms with Gasteiger partial charge in [0, 0.05) is 6.54 Å². The van der Waals surface area contributed by atoms with Gasteiger partial charge in [-0.15, -0.1) is 12.4 Å². The zero-order chi connectivity index (χ0) is 9.97. The monoisotopic (exact) mass is 232 g/mol. The standard InChI is InChI=1S/C9H16N4O.ClH/c1-10-5-8-11-9(14-12-8)7-3-4-13(2)6-7;/h7,10H,3-6H2,1-2H3;1H. The van der Waals surface area contributed by atoms with Crippen LogP contribution in [0.15, 0.2) is 4.52 Å². The van der Waals surface area contributed by atoms with Crippen molar-refractivity contribution in [1.82, 2.24) is 20.4 Å². The molecule has 1 fully saturated rings. The molecule has 0 saturated carbocycles. The second-order valence-electron chi connectivity index (χ2n) is 3.83. The molecule has 0 aromatic carbocycles. The molecule has 1 unspecified atom stereocenters. The van der Waals surface area contributed by atoms with Gasteiger partial charge in [0.05, 0.1) is 12.5 Å². The Kier molecular flexibility index (Phi) is 4.50. The molecular formula is C9H17ClN4O. The second kappa shape index (κ2) is 5.44. The van der Waals surface area contributed by atoms with Gasteiger partial charge in [-0.3, -0.25) is 0 Å². The van der Waals surface area contributed by atoms with E-state index in [0.717, 1.165) is 31.2 Å². The molecule has 86 valence electrons. The highest BCUT2D eigenvalue weighted by atomic mass is 35.5. The minimum atomic E-state index is 0. The topological polar surface area (TPSA) is 54.2 Å². The van der Waals surface area contributed by atoms with Crippen molar-refractivity contribution < 1.29 is 4.52 Å². The molecule has 1 aromatic rings. The van der Waals surface area contributed by atoms with Crippen LogP contribution in [0.4, 0.5) is 0 Å². The van der Waals surface area contributed by atoms with Crippen LogP contribution in [0.3, 0.4) is 0 Å². The predicted molar refractivity (Wildman–Crippen MR) is 59.2 cm³/mol. The second-order valence-corrected chi connectivity index (χ2v) is 3.83. The minimum Gasteiger partial charge on any atom is -0.339 e. The SMILES string of the molecule is CNCc1noc(C2CCN(C)C2)n1.Cl. The molecule has 5 nitrogen and oxygen atoms in total. The van der Waals surface area contributed by atoms with E-state index in [1.807, 2.05) is 7.05 Å². The molecule has 0 radical (unpaired) electrons. The molecule has 1 aliphatic heterocycles. The molecule has 0 aliphatic carbocycles. The summed E-state index contributed by atoms with van der Waals surface area (Å²) in [4.78, 5) is 6.63. The zero-order valence-electron chi connectivity index (χ0n) is 9.06. The van der Waals surface area contributed by atoms with Crippen molar-refractivity contribution in [3.8, 4) is 0 Å². The fourth-order valence-electron chi connectivity index (χ4n) is 1.80. The van der Waals surface area contributed by atoms with Crippen LogP contribution in [-0.4, -0.2) is 42.2 Å². The van der Waals surface area contributed by atoms with Crippen molar-refractivity contribution in [2.45, 2.75) is 18.9 Å². The first-order chi connectivity index (χ1) is 6.79. The molecule has 1 saturated heterocycles. The molecule has 1 atom stereocenters. The average Bonchev–Trinajstić information content (AvgIpc) is 2.74. The van der Waals surface area contributed by atoms with Crippen molar-refractivity contribution in [2.24, 2.45) is 0 Å². The molecule has 0 amide bonds. The molecule has 2 heterocycles. The Hall–Kier alpha value is -0.650. The van der Waals surface area contributed by atoms with Crippen molar-refractivity contribution in [1.29, 1.82) is 0 Å². The highest BCUT2D eigenvalue weighted by Crippen LogP contribution is 2.24. The summed E-state index contributed by atoms with van der Waals surface area (Å²) in [5.41, 5.74) is 0. The summed E-state index contributed by atoms with van der Waals surface area (Å²) in [6.07, 6.45) is 1.12. The normalized spacial score (nSPS) is 21.6. The lowest BCUT2D eigenvalue weighted by Gasteiger charge is -2.04. The molecule has 1 N–H and O–H groups in total. The third-order valence-electron chi connectivity index (χ3n) is 2.56. The number of hydrogen-bond acceptors (Lipinski definition) is 5.